The van der Waals surface area contributed by atoms with Crippen LogP contribution < -0.4 is 10.6 Å². The van der Waals surface area contributed by atoms with E-state index < -0.39 is 0 Å². The fraction of sp³-hybridized carbons (Fsp3) is 0.556. The van der Waals surface area contributed by atoms with Gasteiger partial charge in [-0.15, -0.1) is 0 Å². The lowest BCUT2D eigenvalue weighted by molar-refractivity contribution is -0.121. The Morgan fingerprint density at radius 1 is 1.13 bits per heavy atom. The summed E-state index contributed by atoms with van der Waals surface area (Å²) in [6, 6.07) is 9.04. The zero-order chi connectivity index (χ0) is 16.5. The Morgan fingerprint density at radius 2 is 1.91 bits per heavy atom. The summed E-state index contributed by atoms with van der Waals surface area (Å²) in [5, 5.41) is 15.4. The van der Waals surface area contributed by atoms with Gasteiger partial charge in [-0.2, -0.15) is 0 Å². The summed E-state index contributed by atoms with van der Waals surface area (Å²) in [4.78, 5) is 23.6. The van der Waals surface area contributed by atoms with Gasteiger partial charge in [0.05, 0.1) is 6.10 Å². The highest BCUT2D eigenvalue weighted by Gasteiger charge is 2.20. The molecular weight excluding hydrogens is 292 g/mol. The standard InChI is InChI=1S/C18H26N2O3/c21-16-9-4-6-14(12-16)13-20-17(22)10-5-11-19-18(23)15-7-2-1-3-8-15/h1-3,7-8,14,16,21H,4-6,9-13H2,(H,19,23)(H,20,22). The van der Waals surface area contributed by atoms with Gasteiger partial charge in [0.25, 0.3) is 5.91 Å². The molecule has 0 spiro atoms. The maximum Gasteiger partial charge on any atom is 0.251 e. The van der Waals surface area contributed by atoms with E-state index in [9.17, 15) is 14.7 Å². The van der Waals surface area contributed by atoms with E-state index in [4.69, 9.17) is 0 Å². The summed E-state index contributed by atoms with van der Waals surface area (Å²) >= 11 is 0. The first-order chi connectivity index (χ1) is 11.1. The molecule has 1 saturated carbocycles. The summed E-state index contributed by atoms with van der Waals surface area (Å²) in [6.07, 6.45) is 4.59. The number of benzene rings is 1. The van der Waals surface area contributed by atoms with Gasteiger partial charge in [0.2, 0.25) is 5.91 Å². The van der Waals surface area contributed by atoms with E-state index in [2.05, 4.69) is 10.6 Å². The van der Waals surface area contributed by atoms with Gasteiger partial charge in [-0.3, -0.25) is 9.59 Å². The quantitative estimate of drug-likeness (QED) is 0.672. The van der Waals surface area contributed by atoms with E-state index in [1.165, 1.54) is 0 Å². The number of carbonyl (C=O) groups excluding carboxylic acids is 2. The first-order valence-corrected chi connectivity index (χ1v) is 8.43. The third-order valence-electron chi connectivity index (χ3n) is 4.25. The summed E-state index contributed by atoms with van der Waals surface area (Å²) < 4.78 is 0. The van der Waals surface area contributed by atoms with Gasteiger partial charge in [-0.1, -0.05) is 24.6 Å². The number of hydrogen-bond donors (Lipinski definition) is 3. The van der Waals surface area contributed by atoms with Crippen LogP contribution in [-0.4, -0.2) is 36.1 Å². The Hall–Kier alpha value is -1.88. The molecule has 126 valence electrons. The van der Waals surface area contributed by atoms with E-state index in [1.807, 2.05) is 18.2 Å². The lowest BCUT2D eigenvalue weighted by Crippen LogP contribution is -2.33. The van der Waals surface area contributed by atoms with Crippen molar-refractivity contribution in [1.29, 1.82) is 0 Å². The molecule has 5 nitrogen and oxygen atoms in total. The molecule has 0 heterocycles. The van der Waals surface area contributed by atoms with Gasteiger partial charge in [0.1, 0.15) is 0 Å². The Morgan fingerprint density at radius 3 is 2.65 bits per heavy atom. The molecule has 0 radical (unpaired) electrons. The van der Waals surface area contributed by atoms with Crippen molar-refractivity contribution in [2.75, 3.05) is 13.1 Å². The van der Waals surface area contributed by atoms with Gasteiger partial charge in [0.15, 0.2) is 0 Å². The molecule has 0 aliphatic heterocycles. The van der Waals surface area contributed by atoms with Crippen LogP contribution in [0.4, 0.5) is 0 Å². The van der Waals surface area contributed by atoms with Crippen LogP contribution in [0, 0.1) is 5.92 Å². The van der Waals surface area contributed by atoms with Crippen molar-refractivity contribution in [3.05, 3.63) is 35.9 Å². The number of aliphatic hydroxyl groups is 1. The highest BCUT2D eigenvalue weighted by atomic mass is 16.3. The molecule has 2 amide bonds. The minimum Gasteiger partial charge on any atom is -0.393 e. The second kappa shape index (κ2) is 9.30. The topological polar surface area (TPSA) is 78.4 Å². The molecule has 0 aromatic heterocycles. The summed E-state index contributed by atoms with van der Waals surface area (Å²) in [5.74, 6) is 0.293. The molecule has 2 atom stereocenters. The molecule has 1 aromatic rings. The van der Waals surface area contributed by atoms with Gasteiger partial charge < -0.3 is 15.7 Å². The largest absolute Gasteiger partial charge is 0.393 e. The Kier molecular flexibility index (Phi) is 7.07. The third-order valence-corrected chi connectivity index (χ3v) is 4.25. The highest BCUT2D eigenvalue weighted by Crippen LogP contribution is 2.23. The van der Waals surface area contributed by atoms with E-state index in [0.717, 1.165) is 25.7 Å². The average Bonchev–Trinajstić information content (AvgIpc) is 2.57. The predicted molar refractivity (Wildman–Crippen MR) is 89.0 cm³/mol. The molecule has 1 fully saturated rings. The van der Waals surface area contributed by atoms with Crippen LogP contribution in [0.25, 0.3) is 0 Å². The Balaban J connectivity index is 1.55. The van der Waals surface area contributed by atoms with Crippen molar-refractivity contribution in [2.24, 2.45) is 5.92 Å². The van der Waals surface area contributed by atoms with Crippen LogP contribution in [0.1, 0.15) is 48.9 Å². The van der Waals surface area contributed by atoms with Crippen LogP contribution >= 0.6 is 0 Å². The fourth-order valence-electron chi connectivity index (χ4n) is 2.94. The van der Waals surface area contributed by atoms with Gasteiger partial charge >= 0.3 is 0 Å². The van der Waals surface area contributed by atoms with Crippen molar-refractivity contribution in [3.8, 4) is 0 Å². The molecule has 0 bridgehead atoms. The minimum atomic E-state index is -0.209. The molecular formula is C18H26N2O3. The van der Waals surface area contributed by atoms with Crippen LogP contribution in [-0.2, 0) is 4.79 Å². The van der Waals surface area contributed by atoms with Gasteiger partial charge in [-0.05, 0) is 43.7 Å². The Bertz CT molecular complexity index is 504. The summed E-state index contributed by atoms with van der Waals surface area (Å²) in [5.41, 5.74) is 0.632. The number of aliphatic hydroxyl groups excluding tert-OH is 1. The molecule has 23 heavy (non-hydrogen) atoms. The zero-order valence-corrected chi connectivity index (χ0v) is 13.5. The summed E-state index contributed by atoms with van der Waals surface area (Å²) in [6.45, 7) is 1.13. The molecule has 5 heteroatoms. The monoisotopic (exact) mass is 318 g/mol. The van der Waals surface area contributed by atoms with Crippen LogP contribution in [0.15, 0.2) is 30.3 Å². The smallest absolute Gasteiger partial charge is 0.251 e. The molecule has 2 unspecified atom stereocenters. The van der Waals surface area contributed by atoms with Crippen LogP contribution in [0.2, 0.25) is 0 Å². The highest BCUT2D eigenvalue weighted by molar-refractivity contribution is 5.94. The molecule has 0 saturated heterocycles. The van der Waals surface area contributed by atoms with Crippen molar-refractivity contribution in [2.45, 2.75) is 44.6 Å². The number of nitrogens with one attached hydrogen (secondary N) is 2. The average molecular weight is 318 g/mol. The van der Waals surface area contributed by atoms with E-state index in [1.54, 1.807) is 12.1 Å². The van der Waals surface area contributed by atoms with Crippen molar-refractivity contribution < 1.29 is 14.7 Å². The Labute approximate surface area is 137 Å². The molecule has 1 aromatic carbocycles. The molecule has 1 aliphatic rings. The molecule has 1 aliphatic carbocycles. The maximum absolute atomic E-state index is 11.8. The lowest BCUT2D eigenvalue weighted by Gasteiger charge is -2.25. The first kappa shape index (κ1) is 17.5. The van der Waals surface area contributed by atoms with Crippen LogP contribution in [0.3, 0.4) is 0 Å². The number of rotatable bonds is 7. The summed E-state index contributed by atoms with van der Waals surface area (Å²) in [7, 11) is 0. The van der Waals surface area contributed by atoms with Crippen LogP contribution in [0.5, 0.6) is 0 Å². The number of carbonyl (C=O) groups is 2. The van der Waals surface area contributed by atoms with E-state index >= 15 is 0 Å². The van der Waals surface area contributed by atoms with Gasteiger partial charge in [0, 0.05) is 25.1 Å². The zero-order valence-electron chi connectivity index (χ0n) is 13.5. The second-order valence-electron chi connectivity index (χ2n) is 6.22. The second-order valence-corrected chi connectivity index (χ2v) is 6.22. The minimum absolute atomic E-state index is 0.0130. The molecule has 2 rings (SSSR count). The first-order valence-electron chi connectivity index (χ1n) is 8.43. The van der Waals surface area contributed by atoms with Gasteiger partial charge in [-0.25, -0.2) is 0 Å². The molecule has 3 N–H and O–H groups in total. The predicted octanol–water partition coefficient (Wildman–Crippen LogP) is 1.86. The third kappa shape index (κ3) is 6.40. The SMILES string of the molecule is O=C(CCCNC(=O)c1ccccc1)NCC1CCCC(O)C1. The van der Waals surface area contributed by atoms with Crippen molar-refractivity contribution in [3.63, 3.8) is 0 Å². The fourth-order valence-corrected chi connectivity index (χ4v) is 2.94. The van der Waals surface area contributed by atoms with Crippen molar-refractivity contribution in [1.82, 2.24) is 10.6 Å². The maximum atomic E-state index is 11.8. The normalized spacial score (nSPS) is 20.7. The lowest BCUT2D eigenvalue weighted by atomic mass is 9.87. The van der Waals surface area contributed by atoms with Crippen molar-refractivity contribution >= 4 is 11.8 Å². The number of hydrogen-bond acceptors (Lipinski definition) is 3. The van der Waals surface area contributed by atoms with E-state index in [-0.39, 0.29) is 17.9 Å². The number of amides is 2. The van der Waals surface area contributed by atoms with E-state index in [0.29, 0.717) is 37.4 Å².